The number of likely N-dealkylation sites (tertiary alicyclic amines) is 1. The summed E-state index contributed by atoms with van der Waals surface area (Å²) in [6, 6.07) is 2.13. The molecular weight excluding hydrogens is 286 g/mol. The molecule has 2 rings (SSSR count). The minimum atomic E-state index is 0.504. The Kier molecular flexibility index (Phi) is 6.08. The van der Waals surface area contributed by atoms with Crippen LogP contribution in [0.4, 0.5) is 0 Å². The van der Waals surface area contributed by atoms with Gasteiger partial charge in [0.1, 0.15) is 0 Å². The van der Waals surface area contributed by atoms with Gasteiger partial charge in [-0.15, -0.1) is 0 Å². The molecule has 0 amide bonds. The second-order valence-corrected chi connectivity index (χ2v) is 7.49. The summed E-state index contributed by atoms with van der Waals surface area (Å²) in [6.45, 7) is 15.2. The van der Waals surface area contributed by atoms with E-state index >= 15 is 0 Å². The number of rotatable bonds is 4. The molecular formula is C18H33N5. The van der Waals surface area contributed by atoms with E-state index in [1.165, 1.54) is 12.1 Å². The van der Waals surface area contributed by atoms with Gasteiger partial charge in [-0.1, -0.05) is 20.8 Å². The van der Waals surface area contributed by atoms with E-state index in [1.54, 1.807) is 0 Å². The maximum Gasteiger partial charge on any atom is 0.193 e. The van der Waals surface area contributed by atoms with Crippen LogP contribution in [0, 0.1) is 31.6 Å². The number of guanidine groups is 1. The minimum Gasteiger partial charge on any atom is -0.356 e. The van der Waals surface area contributed by atoms with Crippen molar-refractivity contribution in [1.29, 1.82) is 0 Å². The number of hydrogen-bond acceptors (Lipinski definition) is 2. The first-order valence-corrected chi connectivity index (χ1v) is 8.85. The third kappa shape index (κ3) is 4.98. The molecule has 0 aliphatic carbocycles. The molecule has 3 atom stereocenters. The zero-order valence-electron chi connectivity index (χ0n) is 15.6. The molecule has 3 unspecified atom stereocenters. The molecule has 0 saturated carbocycles. The van der Waals surface area contributed by atoms with Crippen molar-refractivity contribution in [3.63, 3.8) is 0 Å². The van der Waals surface area contributed by atoms with Gasteiger partial charge in [-0.3, -0.25) is 9.67 Å². The van der Waals surface area contributed by atoms with Crippen molar-refractivity contribution < 1.29 is 0 Å². The lowest BCUT2D eigenvalue weighted by atomic mass is 9.92. The van der Waals surface area contributed by atoms with Gasteiger partial charge < -0.3 is 10.2 Å². The number of hydrogen-bond donors (Lipinski definition) is 1. The SMILES string of the molecule is CN=C(NCC(C)Cn1nc(C)cc1C)N1CC(C)CC(C)C1. The summed E-state index contributed by atoms with van der Waals surface area (Å²) in [7, 11) is 1.89. The van der Waals surface area contributed by atoms with Gasteiger partial charge in [0, 0.05) is 38.9 Å². The van der Waals surface area contributed by atoms with Crippen molar-refractivity contribution in [2.24, 2.45) is 22.7 Å². The average Bonchev–Trinajstić information content (AvgIpc) is 2.76. The van der Waals surface area contributed by atoms with Crippen LogP contribution >= 0.6 is 0 Å². The fourth-order valence-electron chi connectivity index (χ4n) is 3.65. The Hall–Kier alpha value is -1.52. The summed E-state index contributed by atoms with van der Waals surface area (Å²) in [5.41, 5.74) is 2.33. The van der Waals surface area contributed by atoms with E-state index in [0.29, 0.717) is 5.92 Å². The number of nitrogens with zero attached hydrogens (tertiary/aromatic N) is 4. The first-order valence-electron chi connectivity index (χ1n) is 8.85. The van der Waals surface area contributed by atoms with Crippen LogP contribution < -0.4 is 5.32 Å². The van der Waals surface area contributed by atoms with Crippen LogP contribution in [0.3, 0.4) is 0 Å². The standard InChI is InChI=1S/C18H33N5/c1-13-7-14(2)11-22(10-13)18(19-6)20-9-15(3)12-23-17(5)8-16(4)21-23/h8,13-15H,7,9-12H2,1-6H3,(H,19,20). The Morgan fingerprint density at radius 3 is 2.52 bits per heavy atom. The van der Waals surface area contributed by atoms with Crippen LogP contribution in [0.5, 0.6) is 0 Å². The molecule has 2 heterocycles. The van der Waals surface area contributed by atoms with Crippen molar-refractivity contribution in [3.05, 3.63) is 17.5 Å². The monoisotopic (exact) mass is 319 g/mol. The Morgan fingerprint density at radius 1 is 1.35 bits per heavy atom. The van der Waals surface area contributed by atoms with Crippen LogP contribution in [0.25, 0.3) is 0 Å². The lowest BCUT2D eigenvalue weighted by Crippen LogP contribution is -2.49. The third-order valence-corrected chi connectivity index (χ3v) is 4.58. The van der Waals surface area contributed by atoms with Crippen molar-refractivity contribution in [2.45, 2.75) is 47.6 Å². The topological polar surface area (TPSA) is 45.5 Å². The molecule has 1 aliphatic heterocycles. The lowest BCUT2D eigenvalue weighted by molar-refractivity contribution is 0.207. The maximum absolute atomic E-state index is 4.56. The molecule has 1 N–H and O–H groups in total. The molecule has 5 nitrogen and oxygen atoms in total. The number of aliphatic imine (C=N–C) groups is 1. The van der Waals surface area contributed by atoms with Crippen molar-refractivity contribution in [2.75, 3.05) is 26.7 Å². The zero-order chi connectivity index (χ0) is 17.0. The van der Waals surface area contributed by atoms with Crippen LogP contribution in [-0.4, -0.2) is 47.3 Å². The Labute approximate surface area is 141 Å². The van der Waals surface area contributed by atoms with Crippen molar-refractivity contribution in [1.82, 2.24) is 20.0 Å². The van der Waals surface area contributed by atoms with E-state index in [-0.39, 0.29) is 0 Å². The van der Waals surface area contributed by atoms with E-state index in [9.17, 15) is 0 Å². The van der Waals surface area contributed by atoms with Gasteiger partial charge in [-0.2, -0.15) is 5.10 Å². The molecule has 23 heavy (non-hydrogen) atoms. The number of nitrogens with one attached hydrogen (secondary N) is 1. The highest BCUT2D eigenvalue weighted by Gasteiger charge is 2.24. The third-order valence-electron chi connectivity index (χ3n) is 4.58. The molecule has 0 aromatic carbocycles. The summed E-state index contributed by atoms with van der Waals surface area (Å²) >= 11 is 0. The molecule has 1 aliphatic rings. The number of piperidine rings is 1. The summed E-state index contributed by atoms with van der Waals surface area (Å²) in [4.78, 5) is 6.90. The summed E-state index contributed by atoms with van der Waals surface area (Å²) in [5.74, 6) is 3.03. The molecule has 0 radical (unpaired) electrons. The second kappa shape index (κ2) is 7.84. The van der Waals surface area contributed by atoms with E-state index < -0.39 is 0 Å². The van der Waals surface area contributed by atoms with E-state index in [4.69, 9.17) is 0 Å². The molecule has 1 saturated heterocycles. The maximum atomic E-state index is 4.56. The number of aryl methyl sites for hydroxylation is 2. The van der Waals surface area contributed by atoms with Gasteiger partial charge in [0.25, 0.3) is 0 Å². The largest absolute Gasteiger partial charge is 0.356 e. The highest BCUT2D eigenvalue weighted by Crippen LogP contribution is 2.20. The average molecular weight is 319 g/mol. The Morgan fingerprint density at radius 2 is 2.00 bits per heavy atom. The predicted molar refractivity (Wildman–Crippen MR) is 96.7 cm³/mol. The molecule has 0 bridgehead atoms. The molecule has 0 spiro atoms. The zero-order valence-corrected chi connectivity index (χ0v) is 15.6. The first kappa shape index (κ1) is 17.8. The van der Waals surface area contributed by atoms with Crippen LogP contribution in [-0.2, 0) is 6.54 Å². The van der Waals surface area contributed by atoms with Crippen molar-refractivity contribution in [3.8, 4) is 0 Å². The smallest absolute Gasteiger partial charge is 0.193 e. The van der Waals surface area contributed by atoms with Crippen molar-refractivity contribution >= 4 is 5.96 Å². The second-order valence-electron chi connectivity index (χ2n) is 7.49. The minimum absolute atomic E-state index is 0.504. The van der Waals surface area contributed by atoms with Crippen LogP contribution in [0.15, 0.2) is 11.1 Å². The molecule has 1 aromatic heterocycles. The quantitative estimate of drug-likeness (QED) is 0.685. The van der Waals surface area contributed by atoms with E-state index in [1.807, 2.05) is 14.0 Å². The highest BCUT2D eigenvalue weighted by molar-refractivity contribution is 5.80. The summed E-state index contributed by atoms with van der Waals surface area (Å²) < 4.78 is 2.11. The van der Waals surface area contributed by atoms with Gasteiger partial charge in [-0.25, -0.2) is 0 Å². The highest BCUT2D eigenvalue weighted by atomic mass is 15.3. The summed E-state index contributed by atoms with van der Waals surface area (Å²) in [5, 5.41) is 8.12. The lowest BCUT2D eigenvalue weighted by Gasteiger charge is -2.37. The van der Waals surface area contributed by atoms with E-state index in [0.717, 1.165) is 49.7 Å². The van der Waals surface area contributed by atoms with Gasteiger partial charge >= 0.3 is 0 Å². The Balaban J connectivity index is 1.86. The number of aromatic nitrogens is 2. The Bertz CT molecular complexity index is 524. The molecule has 130 valence electrons. The van der Waals surface area contributed by atoms with E-state index in [2.05, 4.69) is 58.8 Å². The van der Waals surface area contributed by atoms with Crippen LogP contribution in [0.1, 0.15) is 38.6 Å². The molecule has 5 heteroatoms. The molecule has 1 fully saturated rings. The fraction of sp³-hybridized carbons (Fsp3) is 0.778. The van der Waals surface area contributed by atoms with Gasteiger partial charge in [0.2, 0.25) is 0 Å². The van der Waals surface area contributed by atoms with Gasteiger partial charge in [0.05, 0.1) is 5.69 Å². The van der Waals surface area contributed by atoms with Gasteiger partial charge in [-0.05, 0) is 44.1 Å². The first-order chi connectivity index (χ1) is 10.9. The molecule has 1 aromatic rings. The fourth-order valence-corrected chi connectivity index (χ4v) is 3.65. The predicted octanol–water partition coefficient (Wildman–Crippen LogP) is 2.69. The van der Waals surface area contributed by atoms with Gasteiger partial charge in [0.15, 0.2) is 5.96 Å². The van der Waals surface area contributed by atoms with Crippen LogP contribution in [0.2, 0.25) is 0 Å². The normalized spacial score (nSPS) is 23.9. The summed E-state index contributed by atoms with van der Waals surface area (Å²) in [6.07, 6.45) is 1.32.